The van der Waals surface area contributed by atoms with Gasteiger partial charge in [0.2, 0.25) is 0 Å². The van der Waals surface area contributed by atoms with Gasteiger partial charge in [0.25, 0.3) is 0 Å². The van der Waals surface area contributed by atoms with Crippen LogP contribution in [0.3, 0.4) is 0 Å². The van der Waals surface area contributed by atoms with Gasteiger partial charge in [-0.2, -0.15) is 0 Å². The third kappa shape index (κ3) is 4.54. The number of benzene rings is 1. The van der Waals surface area contributed by atoms with E-state index in [0.29, 0.717) is 0 Å². The van der Waals surface area contributed by atoms with Crippen LogP contribution in [0.1, 0.15) is 12.5 Å². The van der Waals surface area contributed by atoms with Crippen LogP contribution in [0.4, 0.5) is 23.2 Å². The van der Waals surface area contributed by atoms with E-state index in [2.05, 4.69) is 5.32 Å². The average molecular weight is 355 g/mol. The van der Waals surface area contributed by atoms with E-state index in [9.17, 15) is 22.4 Å². The highest BCUT2D eigenvalue weighted by Gasteiger charge is 2.34. The fraction of sp³-hybridized carbons (Fsp3) is 0.538. The van der Waals surface area contributed by atoms with E-state index in [1.165, 1.54) is 13.5 Å². The molecule has 0 aliphatic rings. The average Bonchev–Trinajstić information content (AvgIpc) is 2.34. The summed E-state index contributed by atoms with van der Waals surface area (Å²) in [4.78, 5) is 10.2. The quantitative estimate of drug-likeness (QED) is 0.465. The predicted molar refractivity (Wildman–Crippen MR) is 82.4 cm³/mol. The second-order valence-electron chi connectivity index (χ2n) is 6.21. The predicted octanol–water partition coefficient (Wildman–Crippen LogP) is 3.67. The Hall–Kier alpha value is -0.906. The maximum Gasteiger partial charge on any atom is 0.341 e. The lowest BCUT2D eigenvalue weighted by Crippen LogP contribution is -2.50. The summed E-state index contributed by atoms with van der Waals surface area (Å²) in [5, 5.41) is 2.26. The Labute approximate surface area is 129 Å². The molecule has 0 aliphatic heterocycles. The molecule has 126 valence electrons. The normalized spacial score (nSPS) is 14.8. The molecule has 1 aromatic carbocycles. The van der Waals surface area contributed by atoms with Gasteiger partial charge in [0.1, 0.15) is 5.69 Å². The van der Waals surface area contributed by atoms with Crippen molar-refractivity contribution < 1.29 is 26.5 Å². The zero-order chi connectivity index (χ0) is 17.3. The van der Waals surface area contributed by atoms with Crippen LogP contribution in [0.15, 0.2) is 0 Å². The molecule has 0 spiro atoms. The van der Waals surface area contributed by atoms with Crippen LogP contribution in [0.25, 0.3) is 0 Å². The van der Waals surface area contributed by atoms with Gasteiger partial charge in [-0.3, -0.25) is 0 Å². The van der Waals surface area contributed by atoms with Gasteiger partial charge in [-0.05, 0) is 32.6 Å². The van der Waals surface area contributed by atoms with Gasteiger partial charge in [0.15, 0.2) is 31.6 Å². The van der Waals surface area contributed by atoms with Crippen molar-refractivity contribution in [2.75, 3.05) is 11.5 Å². The lowest BCUT2D eigenvalue weighted by atomic mass is 10.1. The molecule has 1 aromatic rings. The molecule has 0 amide bonds. The summed E-state index contributed by atoms with van der Waals surface area (Å²) >= 11 is 0. The van der Waals surface area contributed by atoms with Gasteiger partial charge in [-0.1, -0.05) is 6.92 Å². The first-order valence-electron chi connectivity index (χ1n) is 6.91. The number of halogens is 4. The first-order valence-corrected chi connectivity index (χ1v) is 12.9. The largest absolute Gasteiger partial charge is 0.435 e. The van der Waals surface area contributed by atoms with E-state index in [1.54, 1.807) is 0 Å². The monoisotopic (exact) mass is 355 g/mol. The van der Waals surface area contributed by atoms with Crippen molar-refractivity contribution in [2.24, 2.45) is 0 Å². The van der Waals surface area contributed by atoms with Gasteiger partial charge in [-0.15, -0.1) is 0 Å². The highest BCUT2D eigenvalue weighted by Crippen LogP contribution is 2.28. The Morgan fingerprint density at radius 2 is 1.41 bits per heavy atom. The van der Waals surface area contributed by atoms with Crippen molar-refractivity contribution >= 4 is 22.6 Å². The second kappa shape index (κ2) is 6.69. The van der Waals surface area contributed by atoms with Gasteiger partial charge in [0.05, 0.1) is 6.17 Å². The van der Waals surface area contributed by atoms with Crippen LogP contribution in [-0.2, 0) is 10.5 Å². The maximum atomic E-state index is 13.9. The zero-order valence-corrected chi connectivity index (χ0v) is 15.3. The molecule has 0 bridgehead atoms. The first-order chi connectivity index (χ1) is 9.89. The molecular weight excluding hydrogens is 334 g/mol. The summed E-state index contributed by atoms with van der Waals surface area (Å²) in [6.07, 6.45) is -0.452. The van der Waals surface area contributed by atoms with Gasteiger partial charge < -0.3 is 14.2 Å². The van der Waals surface area contributed by atoms with E-state index in [0.717, 1.165) is 0 Å². The van der Waals surface area contributed by atoms with Gasteiger partial charge in [0, 0.05) is 5.56 Å². The smallest absolute Gasteiger partial charge is 0.341 e. The van der Waals surface area contributed by atoms with E-state index >= 15 is 0 Å². The van der Waals surface area contributed by atoms with Crippen LogP contribution in [0.5, 0.6) is 0 Å². The minimum absolute atomic E-state index is 0.170. The number of hydrogen-bond acceptors (Lipinski definition) is 3. The maximum absolute atomic E-state index is 13.9. The Bertz CT molecular complexity index is 533. The molecule has 0 fully saturated rings. The topological polar surface area (TPSA) is 41.5 Å². The van der Waals surface area contributed by atoms with Crippen LogP contribution in [-0.4, -0.2) is 27.8 Å². The zero-order valence-electron chi connectivity index (χ0n) is 13.3. The fourth-order valence-electron chi connectivity index (χ4n) is 2.09. The molecule has 0 saturated heterocycles. The first kappa shape index (κ1) is 19.1. The van der Waals surface area contributed by atoms with E-state index in [-0.39, 0.29) is 12.6 Å². The van der Waals surface area contributed by atoms with Gasteiger partial charge in [-0.25, -0.2) is 17.6 Å². The molecule has 0 radical (unpaired) electrons. The Morgan fingerprint density at radius 3 is 1.77 bits per heavy atom. The van der Waals surface area contributed by atoms with Crippen LogP contribution < -0.4 is 5.32 Å². The third-order valence-electron chi connectivity index (χ3n) is 2.83. The molecule has 3 nitrogen and oxygen atoms in total. The highest BCUT2D eigenvalue weighted by molar-refractivity contribution is 6.81. The highest BCUT2D eigenvalue weighted by atomic mass is 28.4. The standard InChI is InChI=1S/C13H21F4NO2Si2/c1-6-8-9(14)11(16)13(12(17)10(8)15)18-7-22(5,19)20-21(2,3)4/h18-19H,6-7H2,1-5H3. The number of anilines is 1. The molecule has 0 aromatic heterocycles. The van der Waals surface area contributed by atoms with Crippen molar-refractivity contribution in [1.82, 2.24) is 0 Å². The number of nitrogens with one attached hydrogen (secondary N) is 1. The van der Waals surface area contributed by atoms with E-state index in [4.69, 9.17) is 4.12 Å². The Kier molecular flexibility index (Phi) is 5.82. The molecular formula is C13H21F4NO2Si2. The summed E-state index contributed by atoms with van der Waals surface area (Å²) in [7, 11) is -5.31. The van der Waals surface area contributed by atoms with Crippen molar-refractivity contribution in [3.8, 4) is 0 Å². The Morgan fingerprint density at radius 1 is 0.955 bits per heavy atom. The lowest BCUT2D eigenvalue weighted by Gasteiger charge is -2.29. The third-order valence-corrected chi connectivity index (χ3v) is 7.87. The van der Waals surface area contributed by atoms with E-state index in [1.807, 2.05) is 19.6 Å². The minimum Gasteiger partial charge on any atom is -0.435 e. The SMILES string of the molecule is CCc1c(F)c(F)c(NC[Si](C)(O)O[Si](C)(C)C)c(F)c1F. The lowest BCUT2D eigenvalue weighted by molar-refractivity contribution is 0.381. The minimum atomic E-state index is -3.25. The number of rotatable bonds is 6. The molecule has 0 heterocycles. The molecule has 2 N–H and O–H groups in total. The van der Waals surface area contributed by atoms with Crippen LogP contribution in [0.2, 0.25) is 26.2 Å². The molecule has 22 heavy (non-hydrogen) atoms. The number of hydrogen-bond donors (Lipinski definition) is 2. The summed E-state index contributed by atoms with van der Waals surface area (Å²) in [5.74, 6) is -5.82. The molecule has 9 heteroatoms. The summed E-state index contributed by atoms with van der Waals surface area (Å²) in [5.41, 5.74) is -1.55. The molecule has 0 saturated carbocycles. The van der Waals surface area contributed by atoms with Crippen LogP contribution >= 0.6 is 0 Å². The molecule has 1 atom stereocenters. The van der Waals surface area contributed by atoms with Crippen molar-refractivity contribution in [2.45, 2.75) is 39.5 Å². The molecule has 1 rings (SSSR count). The van der Waals surface area contributed by atoms with Crippen molar-refractivity contribution in [3.05, 3.63) is 28.8 Å². The second-order valence-corrected chi connectivity index (χ2v) is 14.0. The summed E-state index contributed by atoms with van der Waals surface area (Å²) in [6.45, 7) is 8.40. The summed E-state index contributed by atoms with van der Waals surface area (Å²) < 4.78 is 60.7. The summed E-state index contributed by atoms with van der Waals surface area (Å²) in [6, 6.07) is 0. The fourth-order valence-corrected chi connectivity index (χ4v) is 8.16. The van der Waals surface area contributed by atoms with Crippen molar-refractivity contribution in [3.63, 3.8) is 0 Å². The Balaban J connectivity index is 3.05. The van der Waals surface area contributed by atoms with Gasteiger partial charge >= 0.3 is 8.56 Å². The molecule has 0 aliphatic carbocycles. The van der Waals surface area contributed by atoms with Crippen molar-refractivity contribution in [1.29, 1.82) is 0 Å². The molecule has 1 unspecified atom stereocenters. The van der Waals surface area contributed by atoms with Crippen LogP contribution in [0, 0.1) is 23.3 Å². The van der Waals surface area contributed by atoms with E-state index < -0.39 is 51.4 Å².